The molecule has 5 aromatic rings. The highest BCUT2D eigenvalue weighted by atomic mass is 35.6. The molecule has 2 heterocycles. The van der Waals surface area contributed by atoms with Crippen LogP contribution in [-0.4, -0.2) is 140 Å². The van der Waals surface area contributed by atoms with Gasteiger partial charge in [0.25, 0.3) is 0 Å². The smallest absolute Gasteiger partial charge is 0.460 e. The molecule has 0 saturated carbocycles. The maximum atomic E-state index is 14.6. The van der Waals surface area contributed by atoms with Gasteiger partial charge in [-0.15, -0.1) is 0 Å². The van der Waals surface area contributed by atoms with E-state index < -0.39 is 139 Å². The molecule has 2 saturated heterocycles. The molecule has 3 N–H and O–H groups in total. The van der Waals surface area contributed by atoms with Gasteiger partial charge in [0, 0.05) is 19.8 Å². The molecule has 468 valence electrons. The predicted octanol–water partition coefficient (Wildman–Crippen LogP) is 8.84. The largest absolute Gasteiger partial charge is 0.508 e. The van der Waals surface area contributed by atoms with Gasteiger partial charge >= 0.3 is 36.2 Å². The minimum absolute atomic E-state index is 0.0892. The van der Waals surface area contributed by atoms with E-state index in [0.29, 0.717) is 16.7 Å². The highest BCUT2D eigenvalue weighted by Crippen LogP contribution is 2.45. The van der Waals surface area contributed by atoms with Crippen molar-refractivity contribution in [1.29, 1.82) is 0 Å². The van der Waals surface area contributed by atoms with Gasteiger partial charge in [0.1, 0.15) is 56.8 Å². The van der Waals surface area contributed by atoms with Gasteiger partial charge in [0.2, 0.25) is 9.70 Å². The van der Waals surface area contributed by atoms with Crippen molar-refractivity contribution in [2.75, 3.05) is 26.4 Å². The molecule has 0 bridgehead atoms. The van der Waals surface area contributed by atoms with Crippen LogP contribution in [0.1, 0.15) is 60.9 Å². The van der Waals surface area contributed by atoms with Crippen molar-refractivity contribution in [2.24, 2.45) is 0 Å². The van der Waals surface area contributed by atoms with E-state index in [2.05, 4.69) is 22.5 Å². The monoisotopic (exact) mass is 1270 g/mol. The van der Waals surface area contributed by atoms with E-state index in [1.807, 2.05) is 54.6 Å². The summed E-state index contributed by atoms with van der Waals surface area (Å²) < 4.78 is 70.4. The molecule has 2 aliphatic heterocycles. The Morgan fingerprint density at radius 2 is 1.12 bits per heavy atom. The van der Waals surface area contributed by atoms with Crippen LogP contribution in [0.4, 0.5) is 14.4 Å². The van der Waals surface area contributed by atoms with Crippen molar-refractivity contribution in [3.05, 3.63) is 180 Å². The van der Waals surface area contributed by atoms with E-state index in [9.17, 15) is 33.6 Å². The number of hydrogen-bond acceptors (Lipinski definition) is 19. The topological polar surface area (TPSA) is 266 Å². The summed E-state index contributed by atoms with van der Waals surface area (Å²) >= 11 is 18.0. The minimum Gasteiger partial charge on any atom is -0.460 e. The van der Waals surface area contributed by atoms with Crippen LogP contribution in [0.25, 0.3) is 11.1 Å². The number of carbonyl (C=O) groups is 7. The van der Waals surface area contributed by atoms with Crippen LogP contribution >= 0.6 is 34.8 Å². The number of carbonyl (C=O) groups excluding carboxylic acids is 7. The average Bonchev–Trinajstić information content (AvgIpc) is 2.43. The summed E-state index contributed by atoms with van der Waals surface area (Å²) in [5.41, 5.74) is 5.61. The zero-order chi connectivity index (χ0) is 62.7. The third kappa shape index (κ3) is 18.9. The Bertz CT molecular complexity index is 3130. The van der Waals surface area contributed by atoms with Gasteiger partial charge in [-0.1, -0.05) is 187 Å². The first kappa shape index (κ1) is 66.2. The van der Waals surface area contributed by atoms with E-state index in [1.165, 1.54) is 13.0 Å². The van der Waals surface area contributed by atoms with Gasteiger partial charge in [-0.05, 0) is 45.9 Å². The number of rotatable bonds is 25. The first-order valence-electron chi connectivity index (χ1n) is 28.0. The average molecular weight is 1280 g/mol. The quantitative estimate of drug-likeness (QED) is 0.0213. The molecule has 0 unspecified atom stereocenters. The number of fused-ring (bicyclic) bond motifs is 3. The van der Waals surface area contributed by atoms with E-state index >= 15 is 0 Å². The fraction of sp³-hybridized carbons (Fsp3) is 0.381. The maximum absolute atomic E-state index is 14.6. The Balaban J connectivity index is 1.16. The molecule has 88 heavy (non-hydrogen) atoms. The summed E-state index contributed by atoms with van der Waals surface area (Å²) in [7, 11) is 0. The Morgan fingerprint density at radius 3 is 1.69 bits per heavy atom. The molecule has 5 aromatic carbocycles. The lowest BCUT2D eigenvalue weighted by Crippen LogP contribution is -2.70. The normalized spacial score (nSPS) is 22.4. The molecular weight excluding hydrogens is 1210 g/mol. The molecule has 0 aromatic heterocycles. The Kier molecular flexibility index (Phi) is 24.0. The third-order valence-electron chi connectivity index (χ3n) is 14.1. The van der Waals surface area contributed by atoms with Gasteiger partial charge in [0.05, 0.1) is 32.3 Å². The van der Waals surface area contributed by atoms with E-state index in [1.54, 1.807) is 91.9 Å². The number of ether oxygens (including phenoxy) is 12. The summed E-state index contributed by atoms with van der Waals surface area (Å²) in [6.45, 7) is 5.01. The van der Waals surface area contributed by atoms with Crippen LogP contribution < -0.4 is 16.0 Å². The van der Waals surface area contributed by atoms with Crippen LogP contribution in [0.3, 0.4) is 0 Å². The zero-order valence-electron chi connectivity index (χ0n) is 48.0. The fourth-order valence-electron chi connectivity index (χ4n) is 10.2. The fourth-order valence-corrected chi connectivity index (χ4v) is 10.4. The highest BCUT2D eigenvalue weighted by Gasteiger charge is 2.54. The lowest BCUT2D eigenvalue weighted by molar-refractivity contribution is -0.318. The lowest BCUT2D eigenvalue weighted by Gasteiger charge is -2.47. The molecule has 0 spiro atoms. The number of amides is 3. The minimum atomic E-state index is -2.10. The number of alkyl carbamates (subject to hydrolysis) is 2. The number of hydrogen-bond donors (Lipinski definition) is 3. The van der Waals surface area contributed by atoms with E-state index in [-0.39, 0.29) is 33.0 Å². The third-order valence-corrected chi connectivity index (χ3v) is 14.4. The highest BCUT2D eigenvalue weighted by molar-refractivity contribution is 6.67. The Hall–Kier alpha value is -7.80. The molecule has 3 amide bonds. The zero-order valence-corrected chi connectivity index (χ0v) is 50.3. The standard InChI is InChI=1S/C63H66Cl3N3O19/c1-5-29-77-58(73)48(67-60(74)81-33-42-23-13-8-14-24-42)30-50(72)68-57-51(69-61(75)83-36-63(64,65)66)54(78-31-40-19-9-6-10-20-40)53(88-62(76)82-34-47-45-27-17-15-25-43(45)44-26-16-18-28-46(44)47)49(87-57)35-80-59-56(79-32-41-21-11-7-12-22-41)55(86-39(4)71)52(37(2)84-59)85-38(3)70/h5-28,37,47-49,51-57,59H,1,29-36H2,2-4H3,(H,67,74)(H,68,72)(H,69,75)/t37-,48+,49-,51-,52+,53-,54-,55+,56-,57-,59+/m1/s1. The van der Waals surface area contributed by atoms with Crippen molar-refractivity contribution >= 4 is 77.0 Å². The molecule has 2 fully saturated rings. The van der Waals surface area contributed by atoms with Crippen molar-refractivity contribution in [1.82, 2.24) is 16.0 Å². The van der Waals surface area contributed by atoms with E-state index in [4.69, 9.17) is 91.6 Å². The van der Waals surface area contributed by atoms with Gasteiger partial charge in [0.15, 0.2) is 30.8 Å². The lowest BCUT2D eigenvalue weighted by atomic mass is 9.94. The number of benzene rings is 5. The first-order chi connectivity index (χ1) is 42.3. The van der Waals surface area contributed by atoms with Gasteiger partial charge in [-0.25, -0.2) is 19.2 Å². The van der Waals surface area contributed by atoms with Gasteiger partial charge in [-0.2, -0.15) is 0 Å². The number of halogens is 3. The van der Waals surface area contributed by atoms with Crippen LogP contribution in [-0.2, 0) is 95.8 Å². The van der Waals surface area contributed by atoms with Crippen molar-refractivity contribution in [3.8, 4) is 11.1 Å². The molecule has 0 radical (unpaired) electrons. The van der Waals surface area contributed by atoms with Gasteiger partial charge < -0.3 is 72.8 Å². The van der Waals surface area contributed by atoms with Gasteiger partial charge in [-0.3, -0.25) is 14.4 Å². The molecule has 3 aliphatic rings. The maximum Gasteiger partial charge on any atom is 0.508 e. The summed E-state index contributed by atoms with van der Waals surface area (Å²) in [5, 5.41) is 7.68. The second-order valence-electron chi connectivity index (χ2n) is 20.5. The summed E-state index contributed by atoms with van der Waals surface area (Å²) in [6.07, 6.45) is -16.1. The van der Waals surface area contributed by atoms with Crippen LogP contribution in [0, 0.1) is 0 Å². The second-order valence-corrected chi connectivity index (χ2v) is 23.0. The second kappa shape index (κ2) is 31.9. The number of nitrogens with one attached hydrogen (secondary N) is 3. The number of alkyl halides is 3. The van der Waals surface area contributed by atoms with Crippen LogP contribution in [0.15, 0.2) is 152 Å². The SMILES string of the molecule is C=CCOC(=O)[C@H](CC(=O)N[C@@H]1O[C@H](CO[C@H]2O[C@H](C)[C@H](OC(C)=O)[C@H](OC(C)=O)[C@H]2OCc2ccccc2)[C@@H](OC(=O)OCC2c3ccccc3-c3ccccc32)[C@H](OCc2ccccc2)[C@H]1NC(=O)OCC(Cl)(Cl)Cl)NC(=O)OCc1ccccc1. The van der Waals surface area contributed by atoms with Crippen LogP contribution in [0.2, 0.25) is 0 Å². The Morgan fingerprint density at radius 1 is 0.580 bits per heavy atom. The molecule has 1 aliphatic carbocycles. The molecule has 25 heteroatoms. The number of esters is 3. The molecule has 11 atom stereocenters. The molecular formula is C63H66Cl3N3O19. The first-order valence-corrected chi connectivity index (χ1v) is 29.1. The van der Waals surface area contributed by atoms with Crippen molar-refractivity contribution in [3.63, 3.8) is 0 Å². The molecule has 8 rings (SSSR count). The Labute approximate surface area is 522 Å². The predicted molar refractivity (Wildman–Crippen MR) is 316 cm³/mol. The molecule has 22 nitrogen and oxygen atoms in total. The summed E-state index contributed by atoms with van der Waals surface area (Å²) in [6, 6.07) is 38.4. The summed E-state index contributed by atoms with van der Waals surface area (Å²) in [5.74, 6) is -3.94. The van der Waals surface area contributed by atoms with Crippen molar-refractivity contribution < 1.29 is 90.4 Å². The van der Waals surface area contributed by atoms with Crippen molar-refractivity contribution in [2.45, 2.75) is 124 Å². The van der Waals surface area contributed by atoms with E-state index in [0.717, 1.165) is 29.2 Å². The van der Waals surface area contributed by atoms with Crippen LogP contribution in [0.5, 0.6) is 0 Å². The summed E-state index contributed by atoms with van der Waals surface area (Å²) in [4.78, 5) is 95.4.